The summed E-state index contributed by atoms with van der Waals surface area (Å²) in [4.78, 5) is 5.05. The van der Waals surface area contributed by atoms with E-state index in [1.165, 1.54) is 52.0 Å². The molecule has 1 N–H and O–H groups in total. The molecule has 0 radical (unpaired) electrons. The van der Waals surface area contributed by atoms with E-state index >= 15 is 0 Å². The van der Waals surface area contributed by atoms with Crippen molar-refractivity contribution in [2.75, 3.05) is 46.8 Å². The van der Waals surface area contributed by atoms with Crippen LogP contribution in [0, 0.1) is 5.92 Å². The first-order chi connectivity index (χ1) is 7.25. The van der Waals surface area contributed by atoms with Crippen molar-refractivity contribution >= 4 is 0 Å². The van der Waals surface area contributed by atoms with Crippen molar-refractivity contribution in [3.05, 3.63) is 0 Å². The maximum Gasteiger partial charge on any atom is 0.0217 e. The van der Waals surface area contributed by atoms with E-state index < -0.39 is 0 Å². The summed E-state index contributed by atoms with van der Waals surface area (Å²) < 4.78 is 0. The van der Waals surface area contributed by atoms with Gasteiger partial charge in [0, 0.05) is 12.6 Å². The van der Waals surface area contributed by atoms with Gasteiger partial charge in [-0.3, -0.25) is 0 Å². The van der Waals surface area contributed by atoms with Crippen LogP contribution in [0.2, 0.25) is 0 Å². The number of hydrogen-bond acceptors (Lipinski definition) is 3. The molecular formula is C12H25N3. The molecule has 0 spiro atoms. The van der Waals surface area contributed by atoms with Gasteiger partial charge >= 0.3 is 0 Å². The number of nitrogens with one attached hydrogen (secondary N) is 1. The highest BCUT2D eigenvalue weighted by atomic mass is 15.2. The van der Waals surface area contributed by atoms with Gasteiger partial charge in [-0.25, -0.2) is 0 Å². The highest BCUT2D eigenvalue weighted by Crippen LogP contribution is 2.16. The number of hydrogen-bond donors (Lipinski definition) is 1. The van der Waals surface area contributed by atoms with Gasteiger partial charge in [-0.2, -0.15) is 0 Å². The lowest BCUT2D eigenvalue weighted by molar-refractivity contribution is 0.123. The van der Waals surface area contributed by atoms with E-state index in [4.69, 9.17) is 0 Å². The second kappa shape index (κ2) is 5.28. The maximum atomic E-state index is 3.35. The molecular weight excluding hydrogens is 186 g/mol. The fourth-order valence-electron chi connectivity index (χ4n) is 2.57. The summed E-state index contributed by atoms with van der Waals surface area (Å²) in [5.74, 6) is 0.963. The first-order valence-electron chi connectivity index (χ1n) is 6.35. The topological polar surface area (TPSA) is 18.5 Å². The zero-order valence-corrected chi connectivity index (χ0v) is 10.2. The van der Waals surface area contributed by atoms with Gasteiger partial charge in [-0.05, 0) is 65.5 Å². The van der Waals surface area contributed by atoms with Crippen LogP contribution in [0.1, 0.15) is 19.3 Å². The fraction of sp³-hybridized carbons (Fsp3) is 1.00. The molecule has 0 amide bonds. The number of rotatable bonds is 4. The van der Waals surface area contributed by atoms with Crippen LogP contribution in [0.15, 0.2) is 0 Å². The molecule has 1 unspecified atom stereocenters. The van der Waals surface area contributed by atoms with Crippen molar-refractivity contribution in [3.8, 4) is 0 Å². The quantitative estimate of drug-likeness (QED) is 0.735. The van der Waals surface area contributed by atoms with Gasteiger partial charge in [-0.15, -0.1) is 0 Å². The molecule has 3 heteroatoms. The Labute approximate surface area is 93.8 Å². The highest BCUT2D eigenvalue weighted by molar-refractivity contribution is 4.80. The Bertz CT molecular complexity index is 189. The summed E-state index contributed by atoms with van der Waals surface area (Å²) in [5.41, 5.74) is 0. The number of nitrogens with zero attached hydrogens (tertiary/aromatic N) is 2. The predicted octanol–water partition coefficient (Wildman–Crippen LogP) is 0.622. The maximum absolute atomic E-state index is 3.35. The van der Waals surface area contributed by atoms with Gasteiger partial charge in [0.15, 0.2) is 0 Å². The average Bonchev–Trinajstić information content (AvgIpc) is 2.16. The number of likely N-dealkylation sites (tertiary alicyclic amines) is 1. The molecule has 2 aliphatic rings. The summed E-state index contributed by atoms with van der Waals surface area (Å²) in [6.07, 6.45) is 4.16. The van der Waals surface area contributed by atoms with E-state index in [0.29, 0.717) is 0 Å². The van der Waals surface area contributed by atoms with Crippen LogP contribution in [-0.4, -0.2) is 62.7 Å². The standard InChI is InChI=1S/C12H25N3/c1-14(2)12-4-3-6-15(10-12)7-5-11-8-13-9-11/h11-13H,3-10H2,1-2H3. The molecule has 1 atom stereocenters. The molecule has 0 aromatic rings. The summed E-state index contributed by atoms with van der Waals surface area (Å²) in [6.45, 7) is 6.43. The van der Waals surface area contributed by atoms with E-state index in [2.05, 4.69) is 29.2 Å². The van der Waals surface area contributed by atoms with E-state index in [1.807, 2.05) is 0 Å². The third-order valence-electron chi connectivity index (χ3n) is 3.93. The largest absolute Gasteiger partial charge is 0.316 e. The minimum Gasteiger partial charge on any atom is -0.316 e. The van der Waals surface area contributed by atoms with Crippen LogP contribution in [-0.2, 0) is 0 Å². The number of likely N-dealkylation sites (N-methyl/N-ethyl adjacent to an activating group) is 1. The van der Waals surface area contributed by atoms with Crippen LogP contribution in [0.3, 0.4) is 0 Å². The number of piperidine rings is 1. The molecule has 2 aliphatic heterocycles. The lowest BCUT2D eigenvalue weighted by Crippen LogP contribution is -2.47. The Kier molecular flexibility index (Phi) is 4.00. The van der Waals surface area contributed by atoms with E-state index in [0.717, 1.165) is 12.0 Å². The van der Waals surface area contributed by atoms with Crippen molar-refractivity contribution in [3.63, 3.8) is 0 Å². The van der Waals surface area contributed by atoms with Crippen LogP contribution in [0.4, 0.5) is 0 Å². The predicted molar refractivity (Wildman–Crippen MR) is 64.1 cm³/mol. The van der Waals surface area contributed by atoms with E-state index in [1.54, 1.807) is 0 Å². The first-order valence-corrected chi connectivity index (χ1v) is 6.35. The van der Waals surface area contributed by atoms with Crippen LogP contribution in [0.5, 0.6) is 0 Å². The normalized spacial score (nSPS) is 29.4. The molecule has 3 nitrogen and oxygen atoms in total. The van der Waals surface area contributed by atoms with Gasteiger partial charge in [0.2, 0.25) is 0 Å². The van der Waals surface area contributed by atoms with Crippen LogP contribution < -0.4 is 5.32 Å². The molecule has 2 heterocycles. The molecule has 0 aromatic carbocycles. The minimum atomic E-state index is 0.790. The van der Waals surface area contributed by atoms with E-state index in [9.17, 15) is 0 Å². The Morgan fingerprint density at radius 3 is 2.73 bits per heavy atom. The summed E-state index contributed by atoms with van der Waals surface area (Å²) in [7, 11) is 4.42. The van der Waals surface area contributed by atoms with Crippen LogP contribution >= 0.6 is 0 Å². The molecule has 0 aromatic heterocycles. The molecule has 0 saturated carbocycles. The molecule has 2 fully saturated rings. The zero-order chi connectivity index (χ0) is 10.7. The van der Waals surface area contributed by atoms with Crippen molar-refractivity contribution in [2.24, 2.45) is 5.92 Å². The van der Waals surface area contributed by atoms with Gasteiger partial charge < -0.3 is 15.1 Å². The van der Waals surface area contributed by atoms with Crippen molar-refractivity contribution in [1.29, 1.82) is 0 Å². The molecule has 0 bridgehead atoms. The molecule has 2 rings (SSSR count). The van der Waals surface area contributed by atoms with Gasteiger partial charge in [0.25, 0.3) is 0 Å². The average molecular weight is 211 g/mol. The Hall–Kier alpha value is -0.120. The van der Waals surface area contributed by atoms with Crippen molar-refractivity contribution < 1.29 is 0 Å². The Morgan fingerprint density at radius 1 is 1.33 bits per heavy atom. The van der Waals surface area contributed by atoms with Crippen molar-refractivity contribution in [2.45, 2.75) is 25.3 Å². The molecule has 15 heavy (non-hydrogen) atoms. The SMILES string of the molecule is CN(C)C1CCCN(CCC2CNC2)C1. The van der Waals surface area contributed by atoms with Crippen LogP contribution in [0.25, 0.3) is 0 Å². The second-order valence-corrected chi connectivity index (χ2v) is 5.37. The van der Waals surface area contributed by atoms with Gasteiger partial charge in [0.05, 0.1) is 0 Å². The van der Waals surface area contributed by atoms with E-state index in [-0.39, 0.29) is 0 Å². The summed E-state index contributed by atoms with van der Waals surface area (Å²) >= 11 is 0. The smallest absolute Gasteiger partial charge is 0.0217 e. The zero-order valence-electron chi connectivity index (χ0n) is 10.2. The Morgan fingerprint density at radius 2 is 2.13 bits per heavy atom. The molecule has 2 saturated heterocycles. The monoisotopic (exact) mass is 211 g/mol. The summed E-state index contributed by atoms with van der Waals surface area (Å²) in [5, 5.41) is 3.35. The lowest BCUT2D eigenvalue weighted by atomic mass is 9.98. The first kappa shape index (κ1) is 11.4. The third-order valence-corrected chi connectivity index (χ3v) is 3.93. The lowest BCUT2D eigenvalue weighted by Gasteiger charge is -2.37. The van der Waals surface area contributed by atoms with Gasteiger partial charge in [-0.1, -0.05) is 0 Å². The van der Waals surface area contributed by atoms with Gasteiger partial charge in [0.1, 0.15) is 0 Å². The van der Waals surface area contributed by atoms with Crippen molar-refractivity contribution in [1.82, 2.24) is 15.1 Å². The third kappa shape index (κ3) is 3.16. The summed E-state index contributed by atoms with van der Waals surface area (Å²) in [6, 6.07) is 0.790. The minimum absolute atomic E-state index is 0.790. The second-order valence-electron chi connectivity index (χ2n) is 5.37. The fourth-order valence-corrected chi connectivity index (χ4v) is 2.57. The molecule has 0 aliphatic carbocycles. The highest BCUT2D eigenvalue weighted by Gasteiger charge is 2.23. The Balaban J connectivity index is 1.67. The molecule has 88 valence electrons.